The number of aromatic amines is 1. The summed E-state index contributed by atoms with van der Waals surface area (Å²) in [6.45, 7) is 5.60. The quantitative estimate of drug-likeness (QED) is 0.612. The average molecular weight is 223 g/mol. The molecule has 3 N–H and O–H groups in total. The van der Waals surface area contributed by atoms with Gasteiger partial charge in [0.25, 0.3) is 0 Å². The van der Waals surface area contributed by atoms with Crippen LogP contribution in [0.1, 0.15) is 32.3 Å². The molecule has 0 bridgehead atoms. The van der Waals surface area contributed by atoms with Crippen LogP contribution in [0.4, 0.5) is 0 Å². The molecule has 0 saturated carbocycles. The van der Waals surface area contributed by atoms with Gasteiger partial charge in [-0.1, -0.05) is 6.92 Å². The Morgan fingerprint density at radius 2 is 2.38 bits per heavy atom. The van der Waals surface area contributed by atoms with Crippen LogP contribution >= 0.6 is 0 Å². The van der Waals surface area contributed by atoms with Crippen molar-refractivity contribution in [3.05, 3.63) is 24.0 Å². The molecule has 0 radical (unpaired) electrons. The Balaban J connectivity index is 2.04. The van der Waals surface area contributed by atoms with Gasteiger partial charge in [0.05, 0.1) is 0 Å². The predicted molar refractivity (Wildman–Crippen MR) is 65.0 cm³/mol. The lowest BCUT2D eigenvalue weighted by atomic mass is 10.2. The molecule has 16 heavy (non-hydrogen) atoms. The van der Waals surface area contributed by atoms with Crippen molar-refractivity contribution in [3.63, 3.8) is 0 Å². The SMILES string of the molecule is CCC(C)NC(=O)CCNCc1cc[nH]c1. The molecule has 0 aliphatic heterocycles. The molecule has 1 atom stereocenters. The fraction of sp³-hybridized carbons (Fsp3) is 0.583. The topological polar surface area (TPSA) is 56.9 Å². The second-order valence-corrected chi connectivity index (χ2v) is 4.02. The van der Waals surface area contributed by atoms with Gasteiger partial charge in [-0.2, -0.15) is 0 Å². The predicted octanol–water partition coefficient (Wildman–Crippen LogP) is 1.41. The van der Waals surface area contributed by atoms with Gasteiger partial charge >= 0.3 is 0 Å². The molecule has 0 aromatic carbocycles. The van der Waals surface area contributed by atoms with Crippen molar-refractivity contribution >= 4 is 5.91 Å². The van der Waals surface area contributed by atoms with Crippen molar-refractivity contribution in [3.8, 4) is 0 Å². The molecule has 1 aromatic rings. The van der Waals surface area contributed by atoms with Gasteiger partial charge in [0.15, 0.2) is 0 Å². The van der Waals surface area contributed by atoms with Crippen LogP contribution in [-0.2, 0) is 11.3 Å². The third-order valence-electron chi connectivity index (χ3n) is 2.54. The highest BCUT2D eigenvalue weighted by atomic mass is 16.1. The van der Waals surface area contributed by atoms with E-state index in [9.17, 15) is 4.79 Å². The normalized spacial score (nSPS) is 12.4. The van der Waals surface area contributed by atoms with E-state index >= 15 is 0 Å². The zero-order chi connectivity index (χ0) is 11.8. The zero-order valence-electron chi connectivity index (χ0n) is 10.0. The van der Waals surface area contributed by atoms with Crippen molar-refractivity contribution in [2.45, 2.75) is 39.3 Å². The van der Waals surface area contributed by atoms with E-state index in [4.69, 9.17) is 0 Å². The summed E-state index contributed by atoms with van der Waals surface area (Å²) in [6.07, 6.45) is 5.36. The van der Waals surface area contributed by atoms with Gasteiger partial charge in [0.1, 0.15) is 0 Å². The van der Waals surface area contributed by atoms with E-state index in [0.717, 1.165) is 13.0 Å². The maximum atomic E-state index is 11.4. The standard InChI is InChI=1S/C12H21N3O/c1-3-10(2)15-12(16)5-7-14-9-11-4-6-13-8-11/h4,6,8,10,13-14H,3,5,7,9H2,1-2H3,(H,15,16). The molecule has 0 aliphatic carbocycles. The van der Waals surface area contributed by atoms with Gasteiger partial charge < -0.3 is 15.6 Å². The summed E-state index contributed by atoms with van der Waals surface area (Å²) in [5.74, 6) is 0.121. The summed E-state index contributed by atoms with van der Waals surface area (Å²) < 4.78 is 0. The van der Waals surface area contributed by atoms with E-state index < -0.39 is 0 Å². The Kier molecular flexibility index (Phi) is 5.64. The fourth-order valence-electron chi connectivity index (χ4n) is 1.35. The lowest BCUT2D eigenvalue weighted by molar-refractivity contribution is -0.121. The largest absolute Gasteiger partial charge is 0.367 e. The van der Waals surface area contributed by atoms with Crippen molar-refractivity contribution in [2.75, 3.05) is 6.54 Å². The molecule has 1 rings (SSSR count). The van der Waals surface area contributed by atoms with Crippen LogP contribution in [-0.4, -0.2) is 23.5 Å². The smallest absolute Gasteiger partial charge is 0.221 e. The molecule has 1 aromatic heterocycles. The van der Waals surface area contributed by atoms with Gasteiger partial charge in [0, 0.05) is 37.9 Å². The van der Waals surface area contributed by atoms with Crippen LogP contribution in [0.3, 0.4) is 0 Å². The molecular weight excluding hydrogens is 202 g/mol. The molecule has 4 nitrogen and oxygen atoms in total. The highest BCUT2D eigenvalue weighted by molar-refractivity contribution is 5.76. The molecule has 1 heterocycles. The highest BCUT2D eigenvalue weighted by Crippen LogP contribution is 1.95. The lowest BCUT2D eigenvalue weighted by Gasteiger charge is -2.11. The van der Waals surface area contributed by atoms with Crippen molar-refractivity contribution in [1.29, 1.82) is 0 Å². The molecule has 1 unspecified atom stereocenters. The molecule has 90 valence electrons. The third-order valence-corrected chi connectivity index (χ3v) is 2.54. The number of rotatable bonds is 7. The van der Waals surface area contributed by atoms with Crippen molar-refractivity contribution in [1.82, 2.24) is 15.6 Å². The first-order valence-corrected chi connectivity index (χ1v) is 5.84. The minimum atomic E-state index is 0.121. The molecule has 0 spiro atoms. The van der Waals surface area contributed by atoms with Gasteiger partial charge in [-0.3, -0.25) is 4.79 Å². The van der Waals surface area contributed by atoms with Crippen LogP contribution in [0.25, 0.3) is 0 Å². The molecule has 0 aliphatic rings. The fourth-order valence-corrected chi connectivity index (χ4v) is 1.35. The van der Waals surface area contributed by atoms with E-state index in [0.29, 0.717) is 13.0 Å². The lowest BCUT2D eigenvalue weighted by Crippen LogP contribution is -2.33. The van der Waals surface area contributed by atoms with Crippen LogP contribution in [0.15, 0.2) is 18.5 Å². The van der Waals surface area contributed by atoms with E-state index in [1.807, 2.05) is 25.4 Å². The van der Waals surface area contributed by atoms with Crippen LogP contribution in [0, 0.1) is 0 Å². The van der Waals surface area contributed by atoms with E-state index in [-0.39, 0.29) is 11.9 Å². The van der Waals surface area contributed by atoms with Crippen LogP contribution < -0.4 is 10.6 Å². The second-order valence-electron chi connectivity index (χ2n) is 4.02. The van der Waals surface area contributed by atoms with Crippen LogP contribution in [0.5, 0.6) is 0 Å². The summed E-state index contributed by atoms with van der Waals surface area (Å²) in [7, 11) is 0. The van der Waals surface area contributed by atoms with Crippen molar-refractivity contribution < 1.29 is 4.79 Å². The van der Waals surface area contributed by atoms with E-state index in [2.05, 4.69) is 22.5 Å². The second kappa shape index (κ2) is 7.06. The van der Waals surface area contributed by atoms with Gasteiger partial charge in [-0.25, -0.2) is 0 Å². The monoisotopic (exact) mass is 223 g/mol. The molecule has 0 saturated heterocycles. The first-order chi connectivity index (χ1) is 7.72. The Labute approximate surface area is 96.8 Å². The molecule has 0 fully saturated rings. The number of hydrogen-bond donors (Lipinski definition) is 3. The Hall–Kier alpha value is -1.29. The average Bonchev–Trinajstić information content (AvgIpc) is 2.77. The zero-order valence-corrected chi connectivity index (χ0v) is 10.0. The Morgan fingerprint density at radius 3 is 3.00 bits per heavy atom. The first-order valence-electron chi connectivity index (χ1n) is 5.84. The van der Waals surface area contributed by atoms with E-state index in [1.165, 1.54) is 5.56 Å². The first kappa shape index (κ1) is 12.8. The number of amides is 1. The Bertz CT molecular complexity index is 295. The highest BCUT2D eigenvalue weighted by Gasteiger charge is 2.04. The number of aromatic nitrogens is 1. The molecule has 1 amide bonds. The van der Waals surface area contributed by atoms with Gasteiger partial charge in [0.2, 0.25) is 5.91 Å². The third kappa shape index (κ3) is 4.98. The Morgan fingerprint density at radius 1 is 1.56 bits per heavy atom. The van der Waals surface area contributed by atoms with Crippen LogP contribution in [0.2, 0.25) is 0 Å². The minimum Gasteiger partial charge on any atom is -0.367 e. The van der Waals surface area contributed by atoms with E-state index in [1.54, 1.807) is 0 Å². The summed E-state index contributed by atoms with van der Waals surface area (Å²) >= 11 is 0. The van der Waals surface area contributed by atoms with Gasteiger partial charge in [-0.15, -0.1) is 0 Å². The van der Waals surface area contributed by atoms with Crippen molar-refractivity contribution in [2.24, 2.45) is 0 Å². The molecule has 4 heteroatoms. The number of H-pyrrole nitrogens is 1. The number of carbonyl (C=O) groups excluding carboxylic acids is 1. The number of carbonyl (C=O) groups is 1. The summed E-state index contributed by atoms with van der Waals surface area (Å²) in [5.41, 5.74) is 1.21. The summed E-state index contributed by atoms with van der Waals surface area (Å²) in [6, 6.07) is 2.30. The summed E-state index contributed by atoms with van der Waals surface area (Å²) in [4.78, 5) is 14.4. The minimum absolute atomic E-state index is 0.121. The molecular formula is C12H21N3O. The number of nitrogens with one attached hydrogen (secondary N) is 3. The number of hydrogen-bond acceptors (Lipinski definition) is 2. The summed E-state index contributed by atoms with van der Waals surface area (Å²) in [5, 5.41) is 6.17. The van der Waals surface area contributed by atoms with Gasteiger partial charge in [-0.05, 0) is 25.0 Å². The maximum absolute atomic E-state index is 11.4. The maximum Gasteiger partial charge on any atom is 0.221 e.